The summed E-state index contributed by atoms with van der Waals surface area (Å²) in [6, 6.07) is 7.76. The molecule has 0 bridgehead atoms. The fourth-order valence-electron chi connectivity index (χ4n) is 2.78. The first-order valence-electron chi connectivity index (χ1n) is 8.96. The quantitative estimate of drug-likeness (QED) is 0.803. The molecule has 26 heavy (non-hydrogen) atoms. The molecule has 0 aliphatic carbocycles. The van der Waals surface area contributed by atoms with Crippen LogP contribution >= 0.6 is 0 Å². The number of rotatable bonds is 4. The van der Waals surface area contributed by atoms with Gasteiger partial charge in [0.2, 0.25) is 0 Å². The van der Waals surface area contributed by atoms with Gasteiger partial charge >= 0.3 is 12.2 Å². The van der Waals surface area contributed by atoms with Gasteiger partial charge in [0.25, 0.3) is 0 Å². The van der Waals surface area contributed by atoms with Crippen molar-refractivity contribution >= 4 is 17.9 Å². The van der Waals surface area contributed by atoms with E-state index in [0.717, 1.165) is 12.8 Å². The van der Waals surface area contributed by atoms with Crippen LogP contribution in [0.3, 0.4) is 0 Å². The van der Waals surface area contributed by atoms with E-state index in [1.165, 1.54) is 5.56 Å². The molecule has 1 amide bonds. The van der Waals surface area contributed by atoms with Gasteiger partial charge in [-0.25, -0.2) is 9.59 Å². The fourth-order valence-corrected chi connectivity index (χ4v) is 2.78. The number of amides is 1. The molecule has 1 aliphatic heterocycles. The number of benzene rings is 1. The number of carbonyl (C=O) groups excluding carboxylic acids is 2. The van der Waals surface area contributed by atoms with E-state index in [1.807, 2.05) is 24.3 Å². The van der Waals surface area contributed by atoms with Crippen LogP contribution in [0.1, 0.15) is 52.0 Å². The minimum absolute atomic E-state index is 0.341. The number of piperidine rings is 1. The molecule has 2 rings (SSSR count). The van der Waals surface area contributed by atoms with Crippen molar-refractivity contribution in [3.63, 3.8) is 0 Å². The van der Waals surface area contributed by atoms with Crippen LogP contribution in [0, 0.1) is 0 Å². The van der Waals surface area contributed by atoms with E-state index in [-0.39, 0.29) is 0 Å². The number of hydroxylamine groups is 2. The highest BCUT2D eigenvalue weighted by molar-refractivity contribution is 5.84. The second-order valence-corrected chi connectivity index (χ2v) is 7.23. The molecule has 0 aromatic heterocycles. The number of hydrogen-bond donors (Lipinski definition) is 1. The molecule has 1 N–H and O–H groups in total. The molecular weight excluding hydrogens is 336 g/mol. The van der Waals surface area contributed by atoms with Gasteiger partial charge in [-0.05, 0) is 64.2 Å². The van der Waals surface area contributed by atoms with E-state index >= 15 is 0 Å². The summed E-state index contributed by atoms with van der Waals surface area (Å²) in [7, 11) is 0. The molecule has 0 unspecified atom stereocenters. The summed E-state index contributed by atoms with van der Waals surface area (Å²) in [6.07, 6.45) is 0.652. The maximum atomic E-state index is 11.7. The van der Waals surface area contributed by atoms with E-state index in [0.29, 0.717) is 31.3 Å². The van der Waals surface area contributed by atoms with Gasteiger partial charge in [0, 0.05) is 18.8 Å². The Morgan fingerprint density at radius 2 is 1.77 bits per heavy atom. The van der Waals surface area contributed by atoms with E-state index in [1.54, 1.807) is 32.8 Å². The third-order valence-electron chi connectivity index (χ3n) is 3.95. The molecule has 0 radical (unpaired) electrons. The molecule has 1 heterocycles. The van der Waals surface area contributed by atoms with Gasteiger partial charge in [0.1, 0.15) is 5.60 Å². The van der Waals surface area contributed by atoms with Gasteiger partial charge in [0.15, 0.2) is 0 Å². The Kier molecular flexibility index (Phi) is 6.85. The largest absolute Gasteiger partial charge is 0.528 e. The third-order valence-corrected chi connectivity index (χ3v) is 3.95. The van der Waals surface area contributed by atoms with E-state index < -0.39 is 17.8 Å². The summed E-state index contributed by atoms with van der Waals surface area (Å²) in [5, 5.41) is 4.33. The zero-order valence-corrected chi connectivity index (χ0v) is 15.9. The Hall–Kier alpha value is -2.28. The number of ether oxygens (including phenoxy) is 2. The highest BCUT2D eigenvalue weighted by Gasteiger charge is 2.25. The van der Waals surface area contributed by atoms with Crippen molar-refractivity contribution in [2.24, 2.45) is 0 Å². The molecule has 7 nitrogen and oxygen atoms in total. The van der Waals surface area contributed by atoms with E-state index in [9.17, 15) is 9.59 Å². The molecule has 1 saturated heterocycles. The molecule has 0 saturated carbocycles. The summed E-state index contributed by atoms with van der Waals surface area (Å²) in [6.45, 7) is 8.85. The lowest BCUT2D eigenvalue weighted by molar-refractivity contribution is -0.152. The number of anilines is 1. The predicted octanol–water partition coefficient (Wildman–Crippen LogP) is 4.30. The van der Waals surface area contributed by atoms with Crippen LogP contribution in [0.15, 0.2) is 24.3 Å². The highest BCUT2D eigenvalue weighted by atomic mass is 16.8. The first kappa shape index (κ1) is 20.0. The molecule has 0 atom stereocenters. The monoisotopic (exact) mass is 364 g/mol. The molecule has 144 valence electrons. The normalized spacial score (nSPS) is 16.0. The van der Waals surface area contributed by atoms with Crippen molar-refractivity contribution in [2.45, 2.75) is 52.1 Å². The lowest BCUT2D eigenvalue weighted by Crippen LogP contribution is -2.37. The van der Waals surface area contributed by atoms with Gasteiger partial charge in [0.05, 0.1) is 6.61 Å². The van der Waals surface area contributed by atoms with Crippen LogP contribution in [0.5, 0.6) is 0 Å². The van der Waals surface area contributed by atoms with Crippen molar-refractivity contribution in [3.8, 4) is 0 Å². The zero-order valence-electron chi connectivity index (χ0n) is 15.9. The van der Waals surface area contributed by atoms with Crippen molar-refractivity contribution in [1.29, 1.82) is 0 Å². The molecule has 1 fully saturated rings. The first-order valence-corrected chi connectivity index (χ1v) is 8.96. The summed E-state index contributed by atoms with van der Waals surface area (Å²) in [4.78, 5) is 28.4. The maximum absolute atomic E-state index is 11.7. The van der Waals surface area contributed by atoms with Gasteiger partial charge in [-0.2, -0.15) is 0 Å². The average molecular weight is 364 g/mol. The second kappa shape index (κ2) is 8.89. The molecule has 0 spiro atoms. The van der Waals surface area contributed by atoms with Crippen molar-refractivity contribution in [3.05, 3.63) is 29.8 Å². The maximum Gasteiger partial charge on any atom is 0.528 e. The van der Waals surface area contributed by atoms with Crippen molar-refractivity contribution in [1.82, 2.24) is 5.06 Å². The van der Waals surface area contributed by atoms with Crippen molar-refractivity contribution < 1.29 is 23.9 Å². The van der Waals surface area contributed by atoms with Gasteiger partial charge in [-0.1, -0.05) is 12.1 Å². The lowest BCUT2D eigenvalue weighted by atomic mass is 9.90. The summed E-state index contributed by atoms with van der Waals surface area (Å²) >= 11 is 0. The predicted molar refractivity (Wildman–Crippen MR) is 98.0 cm³/mol. The molecular formula is C19H28N2O5. The number of nitrogens with one attached hydrogen (secondary N) is 1. The Labute approximate surface area is 154 Å². The highest BCUT2D eigenvalue weighted by Crippen LogP contribution is 2.29. The van der Waals surface area contributed by atoms with Gasteiger partial charge in [-0.15, -0.1) is 5.06 Å². The molecule has 1 aliphatic rings. The Morgan fingerprint density at radius 3 is 2.31 bits per heavy atom. The number of nitrogens with zero attached hydrogens (tertiary/aromatic N) is 1. The van der Waals surface area contributed by atoms with E-state index in [2.05, 4.69) is 5.32 Å². The van der Waals surface area contributed by atoms with Gasteiger partial charge in [-0.3, -0.25) is 5.32 Å². The molecule has 1 aromatic carbocycles. The van der Waals surface area contributed by atoms with Crippen LogP contribution < -0.4 is 5.32 Å². The van der Waals surface area contributed by atoms with Crippen LogP contribution in [0.25, 0.3) is 0 Å². The van der Waals surface area contributed by atoms with Crippen LogP contribution in [0.2, 0.25) is 0 Å². The smallest absolute Gasteiger partial charge is 0.450 e. The van der Waals surface area contributed by atoms with Crippen molar-refractivity contribution in [2.75, 3.05) is 25.0 Å². The second-order valence-electron chi connectivity index (χ2n) is 7.23. The topological polar surface area (TPSA) is 77.1 Å². The number of hydrogen-bond acceptors (Lipinski definition) is 6. The SMILES string of the molecule is CCOC(=O)Nc1ccc(C2CCN(OC(=O)OC(C)(C)C)CC2)cc1. The lowest BCUT2D eigenvalue weighted by Gasteiger charge is -2.31. The third kappa shape index (κ3) is 6.55. The summed E-state index contributed by atoms with van der Waals surface area (Å²) in [5.41, 5.74) is 1.35. The molecule has 1 aromatic rings. The Balaban J connectivity index is 1.80. The Morgan fingerprint density at radius 1 is 1.15 bits per heavy atom. The zero-order chi connectivity index (χ0) is 19.2. The van der Waals surface area contributed by atoms with Crippen LogP contribution in [-0.2, 0) is 14.3 Å². The first-order chi connectivity index (χ1) is 12.3. The van der Waals surface area contributed by atoms with E-state index in [4.69, 9.17) is 14.3 Å². The fraction of sp³-hybridized carbons (Fsp3) is 0.579. The van der Waals surface area contributed by atoms with Gasteiger partial charge < -0.3 is 14.3 Å². The van der Waals surface area contributed by atoms with Crippen LogP contribution in [-0.4, -0.2) is 42.6 Å². The minimum atomic E-state index is -0.662. The van der Waals surface area contributed by atoms with Crippen LogP contribution in [0.4, 0.5) is 15.3 Å². The standard InChI is InChI=1S/C19H28N2O5/c1-5-24-17(22)20-16-8-6-14(7-9-16)15-10-12-21(13-11-15)26-18(23)25-19(2,3)4/h6-9,15H,5,10-13H2,1-4H3,(H,20,22). The minimum Gasteiger partial charge on any atom is -0.450 e. The number of carbonyl (C=O) groups is 2. The molecule has 7 heteroatoms. The summed E-state index contributed by atoms with van der Waals surface area (Å²) in [5.74, 6) is 0.394. The Bertz CT molecular complexity index is 601. The average Bonchev–Trinajstić information content (AvgIpc) is 2.55. The summed E-state index contributed by atoms with van der Waals surface area (Å²) < 4.78 is 10.0.